The quantitative estimate of drug-likeness (QED) is 0.481. The number of hydrogen-bond donors (Lipinski definition) is 2. The first-order valence-corrected chi connectivity index (χ1v) is 4.15. The van der Waals surface area contributed by atoms with Crippen molar-refractivity contribution in [3.05, 3.63) is 0 Å². The van der Waals surface area contributed by atoms with Crippen LogP contribution in [0.5, 0.6) is 0 Å². The van der Waals surface area contributed by atoms with Crippen LogP contribution in [0.4, 0.5) is 0 Å². The number of thiol groups is 1. The molecule has 0 bridgehead atoms. The van der Waals surface area contributed by atoms with Gasteiger partial charge in [0.2, 0.25) is 11.8 Å². The molecule has 0 aliphatic carbocycles. The van der Waals surface area contributed by atoms with Crippen LogP contribution < -0.4 is 0 Å². The molecule has 1 aliphatic heterocycles. The molecule has 1 N–H and O–H groups in total. The molecule has 5 nitrogen and oxygen atoms in total. The second-order valence-corrected chi connectivity index (χ2v) is 2.75. The average molecular weight is 205 g/mol. The van der Waals surface area contributed by atoms with Crippen LogP contribution in [0.2, 0.25) is 0 Å². The molecule has 2 amide bonds. The fourth-order valence-corrected chi connectivity index (χ4v) is 0.765. The standard InChI is InChI=1S/C4H5NO2S.C3H6O2/c6-3-1-2-4(7)5(3)8;1-2-3(4)5/h8H,1-2H2;2H2,1H3,(H,4,5). The number of rotatable bonds is 1. The summed E-state index contributed by atoms with van der Waals surface area (Å²) in [5, 5.41) is 7.72. The van der Waals surface area contributed by atoms with Crippen LogP contribution in [-0.2, 0) is 14.4 Å². The lowest BCUT2D eigenvalue weighted by Gasteiger charge is -1.99. The summed E-state index contributed by atoms with van der Waals surface area (Å²) in [7, 11) is 0. The van der Waals surface area contributed by atoms with Gasteiger partial charge in [0.25, 0.3) is 0 Å². The lowest BCUT2D eigenvalue weighted by molar-refractivity contribution is -0.136. The van der Waals surface area contributed by atoms with E-state index in [2.05, 4.69) is 12.8 Å². The largest absolute Gasteiger partial charge is 0.481 e. The number of imide groups is 1. The second kappa shape index (κ2) is 5.58. The molecule has 1 saturated heterocycles. The van der Waals surface area contributed by atoms with E-state index in [0.717, 1.165) is 4.31 Å². The van der Waals surface area contributed by atoms with Gasteiger partial charge < -0.3 is 5.11 Å². The Morgan fingerprint density at radius 2 is 1.77 bits per heavy atom. The van der Waals surface area contributed by atoms with Crippen molar-refractivity contribution in [3.8, 4) is 0 Å². The van der Waals surface area contributed by atoms with Crippen molar-refractivity contribution in [2.45, 2.75) is 26.2 Å². The lowest BCUT2D eigenvalue weighted by atomic mass is 10.4. The zero-order valence-corrected chi connectivity index (χ0v) is 8.08. The van der Waals surface area contributed by atoms with Crippen molar-refractivity contribution in [1.29, 1.82) is 0 Å². The van der Waals surface area contributed by atoms with Gasteiger partial charge in [-0.1, -0.05) is 19.7 Å². The Hall–Kier alpha value is -1.04. The highest BCUT2D eigenvalue weighted by Gasteiger charge is 2.25. The van der Waals surface area contributed by atoms with Gasteiger partial charge in [0.15, 0.2) is 0 Å². The number of amides is 2. The number of hydrogen-bond acceptors (Lipinski definition) is 4. The summed E-state index contributed by atoms with van der Waals surface area (Å²) < 4.78 is 0.861. The van der Waals surface area contributed by atoms with E-state index in [4.69, 9.17) is 5.11 Å². The van der Waals surface area contributed by atoms with E-state index >= 15 is 0 Å². The summed E-state index contributed by atoms with van der Waals surface area (Å²) in [6.07, 6.45) is 0.866. The maximum absolute atomic E-state index is 10.4. The number of aliphatic carboxylic acids is 1. The van der Waals surface area contributed by atoms with Gasteiger partial charge in [0, 0.05) is 19.3 Å². The molecule has 0 atom stereocenters. The molecule has 0 saturated carbocycles. The molecular formula is C7H11NO4S. The normalized spacial score (nSPS) is 15.4. The van der Waals surface area contributed by atoms with E-state index in [9.17, 15) is 14.4 Å². The van der Waals surface area contributed by atoms with Gasteiger partial charge in [-0.25, -0.2) is 4.31 Å². The fraction of sp³-hybridized carbons (Fsp3) is 0.571. The predicted octanol–water partition coefficient (Wildman–Crippen LogP) is 0.461. The fourth-order valence-electron chi connectivity index (χ4n) is 0.565. The summed E-state index contributed by atoms with van der Waals surface area (Å²) >= 11 is 3.62. The average Bonchev–Trinajstić information content (AvgIpc) is 2.37. The Labute approximate surface area is 81.3 Å². The maximum atomic E-state index is 10.4. The lowest BCUT2D eigenvalue weighted by Crippen LogP contribution is -2.17. The van der Waals surface area contributed by atoms with Gasteiger partial charge in [-0.2, -0.15) is 0 Å². The molecule has 1 aliphatic rings. The second-order valence-electron chi connectivity index (χ2n) is 2.35. The minimum atomic E-state index is -0.745. The van der Waals surface area contributed by atoms with Gasteiger partial charge in [0.05, 0.1) is 0 Å². The van der Waals surface area contributed by atoms with E-state index < -0.39 is 5.97 Å². The van der Waals surface area contributed by atoms with Crippen LogP contribution in [0, 0.1) is 0 Å². The van der Waals surface area contributed by atoms with Crippen molar-refractivity contribution in [1.82, 2.24) is 4.31 Å². The molecule has 1 fully saturated rings. The molecule has 1 rings (SSSR count). The smallest absolute Gasteiger partial charge is 0.303 e. The van der Waals surface area contributed by atoms with Crippen LogP contribution >= 0.6 is 12.8 Å². The molecule has 0 aromatic carbocycles. The topological polar surface area (TPSA) is 74.7 Å². The molecule has 1 heterocycles. The molecular weight excluding hydrogens is 194 g/mol. The van der Waals surface area contributed by atoms with Crippen molar-refractivity contribution < 1.29 is 19.5 Å². The Morgan fingerprint density at radius 1 is 1.46 bits per heavy atom. The van der Waals surface area contributed by atoms with Crippen molar-refractivity contribution in [2.75, 3.05) is 0 Å². The monoisotopic (exact) mass is 205 g/mol. The number of carboxylic acids is 1. The summed E-state index contributed by atoms with van der Waals surface area (Å²) in [5.41, 5.74) is 0. The zero-order valence-electron chi connectivity index (χ0n) is 7.19. The summed E-state index contributed by atoms with van der Waals surface area (Å²) in [5.74, 6) is -1.14. The Kier molecular flexibility index (Phi) is 5.13. The van der Waals surface area contributed by atoms with Crippen molar-refractivity contribution >= 4 is 30.6 Å². The van der Waals surface area contributed by atoms with Gasteiger partial charge in [-0.15, -0.1) is 0 Å². The van der Waals surface area contributed by atoms with Crippen LogP contribution in [-0.4, -0.2) is 27.2 Å². The van der Waals surface area contributed by atoms with Crippen molar-refractivity contribution in [3.63, 3.8) is 0 Å². The number of carbonyl (C=O) groups excluding carboxylic acids is 2. The Bertz CT molecular complexity index is 213. The molecule has 74 valence electrons. The molecule has 13 heavy (non-hydrogen) atoms. The molecule has 0 spiro atoms. The first-order valence-electron chi connectivity index (χ1n) is 3.75. The van der Waals surface area contributed by atoms with Gasteiger partial charge >= 0.3 is 5.97 Å². The third-order valence-electron chi connectivity index (χ3n) is 1.33. The number of carbonyl (C=O) groups is 3. The van der Waals surface area contributed by atoms with E-state index in [-0.39, 0.29) is 18.2 Å². The zero-order chi connectivity index (χ0) is 10.4. The summed E-state index contributed by atoms with van der Waals surface area (Å²) in [6.45, 7) is 1.60. The molecule has 6 heteroatoms. The highest BCUT2D eigenvalue weighted by atomic mass is 32.1. The highest BCUT2D eigenvalue weighted by molar-refractivity contribution is 7.79. The minimum absolute atomic E-state index is 0.196. The van der Waals surface area contributed by atoms with Crippen LogP contribution in [0.25, 0.3) is 0 Å². The van der Waals surface area contributed by atoms with Crippen LogP contribution in [0.1, 0.15) is 26.2 Å². The van der Waals surface area contributed by atoms with Crippen molar-refractivity contribution in [2.24, 2.45) is 0 Å². The molecule has 0 unspecified atom stereocenters. The summed E-state index contributed by atoms with van der Waals surface area (Å²) in [6, 6.07) is 0. The minimum Gasteiger partial charge on any atom is -0.481 e. The first-order chi connectivity index (χ1) is 5.99. The highest BCUT2D eigenvalue weighted by Crippen LogP contribution is 2.12. The number of nitrogens with zero attached hydrogens (tertiary/aromatic N) is 1. The predicted molar refractivity (Wildman–Crippen MR) is 48.0 cm³/mol. The molecule has 0 radical (unpaired) electrons. The number of carboxylic acid groups (broad SMARTS) is 1. The van der Waals surface area contributed by atoms with Crippen LogP contribution in [0.3, 0.4) is 0 Å². The molecule has 0 aromatic heterocycles. The van der Waals surface area contributed by atoms with Gasteiger partial charge in [-0.3, -0.25) is 14.4 Å². The molecule has 0 aromatic rings. The maximum Gasteiger partial charge on any atom is 0.303 e. The van der Waals surface area contributed by atoms with E-state index in [1.165, 1.54) is 0 Å². The van der Waals surface area contributed by atoms with Crippen LogP contribution in [0.15, 0.2) is 0 Å². The van der Waals surface area contributed by atoms with Gasteiger partial charge in [-0.05, 0) is 0 Å². The summed E-state index contributed by atoms with van der Waals surface area (Å²) in [4.78, 5) is 30.2. The Balaban J connectivity index is 0.000000252. The van der Waals surface area contributed by atoms with E-state index in [1.54, 1.807) is 6.92 Å². The first kappa shape index (κ1) is 12.0. The van der Waals surface area contributed by atoms with E-state index in [1.807, 2.05) is 0 Å². The Morgan fingerprint density at radius 3 is 1.85 bits per heavy atom. The van der Waals surface area contributed by atoms with Gasteiger partial charge in [0.1, 0.15) is 0 Å². The SMILES string of the molecule is CCC(=O)O.O=C1CCC(=O)N1S. The third-order valence-corrected chi connectivity index (χ3v) is 1.77. The third kappa shape index (κ3) is 4.51. The van der Waals surface area contributed by atoms with E-state index in [0.29, 0.717) is 12.8 Å².